The minimum absolute atomic E-state index is 0.0261. The van der Waals surface area contributed by atoms with Crippen LogP contribution in [0.15, 0.2) is 6.20 Å². The van der Waals surface area contributed by atoms with Crippen molar-refractivity contribution in [3.05, 3.63) is 17.5 Å². The quantitative estimate of drug-likeness (QED) is 0.744. The van der Waals surface area contributed by atoms with E-state index in [1.807, 2.05) is 0 Å². The van der Waals surface area contributed by atoms with Crippen molar-refractivity contribution in [3.63, 3.8) is 0 Å². The van der Waals surface area contributed by atoms with Gasteiger partial charge in [0.2, 0.25) is 17.8 Å². The van der Waals surface area contributed by atoms with E-state index >= 15 is 0 Å². The number of carbonyl (C=O) groups excluding carboxylic acids is 2. The molecule has 1 unspecified atom stereocenters. The van der Waals surface area contributed by atoms with E-state index in [1.54, 1.807) is 0 Å². The number of aromatic carboxylic acids is 1. The van der Waals surface area contributed by atoms with Gasteiger partial charge < -0.3 is 10.8 Å². The van der Waals surface area contributed by atoms with Crippen molar-refractivity contribution in [2.45, 2.75) is 13.3 Å². The Morgan fingerprint density at radius 2 is 2.21 bits per heavy atom. The first-order valence-electron chi connectivity index (χ1n) is 5.56. The third-order valence-corrected chi connectivity index (χ3v) is 2.97. The van der Waals surface area contributed by atoms with Crippen LogP contribution in [0.5, 0.6) is 0 Å². The van der Waals surface area contributed by atoms with Gasteiger partial charge in [0, 0.05) is 19.2 Å². The Hall–Kier alpha value is -2.51. The lowest BCUT2D eigenvalue weighted by molar-refractivity contribution is -0.123. The summed E-state index contributed by atoms with van der Waals surface area (Å²) < 4.78 is 0. The Kier molecular flexibility index (Phi) is 3.16. The first-order valence-corrected chi connectivity index (χ1v) is 5.56. The molecule has 2 amide bonds. The molecule has 19 heavy (non-hydrogen) atoms. The molecule has 3 N–H and O–H groups in total. The van der Waals surface area contributed by atoms with Crippen LogP contribution in [0.2, 0.25) is 0 Å². The minimum Gasteiger partial charge on any atom is -0.478 e. The summed E-state index contributed by atoms with van der Waals surface area (Å²) >= 11 is 0. The summed E-state index contributed by atoms with van der Waals surface area (Å²) in [6.45, 7) is 1.64. The number of aryl methyl sites for hydroxylation is 1. The second-order valence-corrected chi connectivity index (χ2v) is 4.28. The van der Waals surface area contributed by atoms with Gasteiger partial charge >= 0.3 is 5.97 Å². The molecule has 0 bridgehead atoms. The van der Waals surface area contributed by atoms with E-state index in [4.69, 9.17) is 10.8 Å². The Labute approximate surface area is 108 Å². The molecule has 1 aromatic rings. The van der Waals surface area contributed by atoms with Crippen molar-refractivity contribution in [2.75, 3.05) is 11.4 Å². The Morgan fingerprint density at radius 1 is 1.53 bits per heavy atom. The maximum Gasteiger partial charge on any atom is 0.339 e. The molecule has 8 heteroatoms. The molecule has 2 rings (SSSR count). The number of aromatic nitrogens is 2. The van der Waals surface area contributed by atoms with E-state index in [0.717, 1.165) is 6.20 Å². The van der Waals surface area contributed by atoms with Crippen LogP contribution in [0, 0.1) is 12.8 Å². The van der Waals surface area contributed by atoms with Gasteiger partial charge in [-0.25, -0.2) is 14.8 Å². The zero-order valence-electron chi connectivity index (χ0n) is 10.2. The number of anilines is 1. The summed E-state index contributed by atoms with van der Waals surface area (Å²) in [5.74, 6) is -2.44. The minimum atomic E-state index is -1.13. The third-order valence-electron chi connectivity index (χ3n) is 2.97. The highest BCUT2D eigenvalue weighted by Crippen LogP contribution is 2.22. The molecule has 1 aliphatic heterocycles. The zero-order chi connectivity index (χ0) is 14.2. The second-order valence-electron chi connectivity index (χ2n) is 4.28. The number of carbonyl (C=O) groups is 3. The number of rotatable bonds is 3. The number of nitrogens with zero attached hydrogens (tertiary/aromatic N) is 3. The molecule has 1 aliphatic rings. The van der Waals surface area contributed by atoms with Crippen LogP contribution in [-0.2, 0) is 9.59 Å². The molecule has 1 atom stereocenters. The summed E-state index contributed by atoms with van der Waals surface area (Å²) in [6, 6.07) is 0. The summed E-state index contributed by atoms with van der Waals surface area (Å²) in [5, 5.41) is 8.87. The van der Waals surface area contributed by atoms with Crippen molar-refractivity contribution >= 4 is 23.7 Å². The maximum atomic E-state index is 11.7. The van der Waals surface area contributed by atoms with Gasteiger partial charge in [0.1, 0.15) is 0 Å². The lowest BCUT2D eigenvalue weighted by Gasteiger charge is -2.14. The third kappa shape index (κ3) is 2.37. The number of carboxylic acid groups (broad SMARTS) is 1. The Morgan fingerprint density at radius 3 is 2.68 bits per heavy atom. The highest BCUT2D eigenvalue weighted by atomic mass is 16.4. The topological polar surface area (TPSA) is 126 Å². The van der Waals surface area contributed by atoms with Gasteiger partial charge in [0.05, 0.1) is 17.2 Å². The van der Waals surface area contributed by atoms with Crippen LogP contribution in [0.4, 0.5) is 5.95 Å². The summed E-state index contributed by atoms with van der Waals surface area (Å²) in [5.41, 5.74) is 5.39. The molecule has 0 aromatic carbocycles. The van der Waals surface area contributed by atoms with Crippen molar-refractivity contribution in [1.82, 2.24) is 9.97 Å². The number of hydrogen-bond donors (Lipinski definition) is 2. The number of hydrogen-bond acceptors (Lipinski definition) is 5. The molecule has 1 saturated heterocycles. The lowest BCUT2D eigenvalue weighted by atomic mass is 10.1. The zero-order valence-corrected chi connectivity index (χ0v) is 10.2. The fourth-order valence-corrected chi connectivity index (χ4v) is 1.89. The maximum absolute atomic E-state index is 11.7. The Balaban J connectivity index is 2.28. The van der Waals surface area contributed by atoms with E-state index in [2.05, 4.69) is 9.97 Å². The summed E-state index contributed by atoms with van der Waals surface area (Å²) in [6.07, 6.45) is 1.17. The fourth-order valence-electron chi connectivity index (χ4n) is 1.89. The first-order chi connectivity index (χ1) is 8.90. The predicted molar refractivity (Wildman–Crippen MR) is 63.4 cm³/mol. The molecule has 100 valence electrons. The second kappa shape index (κ2) is 4.63. The smallest absolute Gasteiger partial charge is 0.339 e. The monoisotopic (exact) mass is 264 g/mol. The summed E-state index contributed by atoms with van der Waals surface area (Å²) in [4.78, 5) is 42.7. The molecular weight excluding hydrogens is 252 g/mol. The highest BCUT2D eigenvalue weighted by Gasteiger charge is 2.35. The van der Waals surface area contributed by atoms with Gasteiger partial charge in [0.25, 0.3) is 0 Å². The number of primary amides is 1. The normalized spacial score (nSPS) is 18.7. The first kappa shape index (κ1) is 12.9. The molecule has 2 heterocycles. The van der Waals surface area contributed by atoms with Crippen LogP contribution >= 0.6 is 0 Å². The Bertz CT molecular complexity index is 572. The standard InChI is InChI=1S/C11H12N4O4/c1-5-7(10(18)19)3-13-11(14-5)15-4-6(9(12)17)2-8(15)16/h3,6H,2,4H2,1H3,(H2,12,17)(H,18,19). The van der Waals surface area contributed by atoms with Crippen LogP contribution in [-0.4, -0.2) is 39.4 Å². The SMILES string of the molecule is Cc1nc(N2CC(C(N)=O)CC2=O)ncc1C(=O)O. The summed E-state index contributed by atoms with van der Waals surface area (Å²) in [7, 11) is 0. The number of amides is 2. The van der Waals surface area contributed by atoms with E-state index in [1.165, 1.54) is 11.8 Å². The van der Waals surface area contributed by atoms with Gasteiger partial charge in [0.15, 0.2) is 0 Å². The molecule has 0 saturated carbocycles. The molecule has 0 radical (unpaired) electrons. The van der Waals surface area contributed by atoms with Crippen LogP contribution in [0.1, 0.15) is 22.5 Å². The lowest BCUT2D eigenvalue weighted by Crippen LogP contribution is -2.30. The van der Waals surface area contributed by atoms with Crippen molar-refractivity contribution in [1.29, 1.82) is 0 Å². The van der Waals surface area contributed by atoms with E-state index in [0.29, 0.717) is 0 Å². The van der Waals surface area contributed by atoms with E-state index < -0.39 is 17.8 Å². The number of nitrogens with two attached hydrogens (primary N) is 1. The fraction of sp³-hybridized carbons (Fsp3) is 0.364. The highest BCUT2D eigenvalue weighted by molar-refractivity contribution is 5.99. The molecule has 0 spiro atoms. The van der Waals surface area contributed by atoms with Crippen LogP contribution in [0.25, 0.3) is 0 Å². The predicted octanol–water partition coefficient (Wildman–Crippen LogP) is -0.679. The molecular formula is C11H12N4O4. The van der Waals surface area contributed by atoms with Crippen LogP contribution < -0.4 is 10.6 Å². The molecule has 1 aromatic heterocycles. The average molecular weight is 264 g/mol. The van der Waals surface area contributed by atoms with Gasteiger partial charge in [-0.1, -0.05) is 0 Å². The van der Waals surface area contributed by atoms with Crippen LogP contribution in [0.3, 0.4) is 0 Å². The van der Waals surface area contributed by atoms with Crippen molar-refractivity contribution < 1.29 is 19.5 Å². The largest absolute Gasteiger partial charge is 0.478 e. The van der Waals surface area contributed by atoms with Gasteiger partial charge in [-0.05, 0) is 6.92 Å². The number of carboxylic acids is 1. The van der Waals surface area contributed by atoms with Gasteiger partial charge in [-0.3, -0.25) is 14.5 Å². The van der Waals surface area contributed by atoms with Gasteiger partial charge in [-0.2, -0.15) is 0 Å². The van der Waals surface area contributed by atoms with E-state index in [9.17, 15) is 14.4 Å². The van der Waals surface area contributed by atoms with E-state index in [-0.39, 0.29) is 36.1 Å². The van der Waals surface area contributed by atoms with Crippen molar-refractivity contribution in [3.8, 4) is 0 Å². The molecule has 1 fully saturated rings. The van der Waals surface area contributed by atoms with Crippen molar-refractivity contribution in [2.24, 2.45) is 11.7 Å². The average Bonchev–Trinajstić information content (AvgIpc) is 2.71. The molecule has 8 nitrogen and oxygen atoms in total. The van der Waals surface area contributed by atoms with Gasteiger partial charge in [-0.15, -0.1) is 0 Å². The molecule has 0 aliphatic carbocycles.